The summed E-state index contributed by atoms with van der Waals surface area (Å²) in [5.41, 5.74) is 0. The molecule has 1 N–H and O–H groups in total. The van der Waals surface area contributed by atoms with Crippen LogP contribution in [0.1, 0.15) is 12.8 Å². The lowest BCUT2D eigenvalue weighted by atomic mass is 10.1. The molecule has 5 heteroatoms. The van der Waals surface area contributed by atoms with E-state index in [2.05, 4.69) is 43.2 Å². The molecule has 0 aromatic carbocycles. The number of piperidine rings is 1. The first-order chi connectivity index (χ1) is 7.24. The average Bonchev–Trinajstić information content (AvgIpc) is 2.22. The number of rotatable bonds is 2. The Kier molecular flexibility index (Phi) is 3.53. The second kappa shape index (κ2) is 4.90. The minimum Gasteiger partial charge on any atom is -0.350 e. The van der Waals surface area contributed by atoms with Crippen LogP contribution in [-0.4, -0.2) is 41.0 Å². The van der Waals surface area contributed by atoms with E-state index in [9.17, 15) is 0 Å². The van der Waals surface area contributed by atoms with E-state index in [-0.39, 0.29) is 0 Å². The Morgan fingerprint density at radius 1 is 1.47 bits per heavy atom. The lowest BCUT2D eigenvalue weighted by Crippen LogP contribution is -2.40. The van der Waals surface area contributed by atoms with Crippen LogP contribution in [0.15, 0.2) is 16.9 Å². The van der Waals surface area contributed by atoms with Crippen LogP contribution in [-0.2, 0) is 0 Å². The zero-order valence-corrected chi connectivity index (χ0v) is 10.4. The summed E-state index contributed by atoms with van der Waals surface area (Å²) in [4.78, 5) is 10.8. The van der Waals surface area contributed by atoms with Crippen molar-refractivity contribution in [2.24, 2.45) is 0 Å². The van der Waals surface area contributed by atoms with Crippen LogP contribution in [0.2, 0.25) is 0 Å². The van der Waals surface area contributed by atoms with Crippen molar-refractivity contribution in [3.05, 3.63) is 16.9 Å². The van der Waals surface area contributed by atoms with Crippen molar-refractivity contribution in [2.45, 2.75) is 18.9 Å². The van der Waals surface area contributed by atoms with Gasteiger partial charge in [0.2, 0.25) is 5.95 Å². The first-order valence-electron chi connectivity index (χ1n) is 5.16. The van der Waals surface area contributed by atoms with Crippen LogP contribution in [0.4, 0.5) is 5.95 Å². The average molecular weight is 271 g/mol. The van der Waals surface area contributed by atoms with Gasteiger partial charge in [0.25, 0.3) is 0 Å². The van der Waals surface area contributed by atoms with Crippen LogP contribution in [0, 0.1) is 0 Å². The van der Waals surface area contributed by atoms with Crippen LogP contribution < -0.4 is 5.32 Å². The van der Waals surface area contributed by atoms with Gasteiger partial charge < -0.3 is 10.2 Å². The molecule has 1 aliphatic heterocycles. The third-order valence-electron chi connectivity index (χ3n) is 2.58. The zero-order chi connectivity index (χ0) is 10.7. The Hall–Kier alpha value is -0.680. The van der Waals surface area contributed by atoms with Crippen LogP contribution >= 0.6 is 15.9 Å². The maximum atomic E-state index is 4.21. The number of hydrogen-bond acceptors (Lipinski definition) is 4. The minimum atomic E-state index is 0.477. The van der Waals surface area contributed by atoms with Gasteiger partial charge in [0.1, 0.15) is 0 Å². The van der Waals surface area contributed by atoms with Gasteiger partial charge in [-0.05, 0) is 42.4 Å². The fourth-order valence-electron chi connectivity index (χ4n) is 1.85. The minimum absolute atomic E-state index is 0.477. The van der Waals surface area contributed by atoms with Crippen molar-refractivity contribution in [1.29, 1.82) is 0 Å². The molecular weight excluding hydrogens is 256 g/mol. The van der Waals surface area contributed by atoms with Crippen molar-refractivity contribution >= 4 is 21.9 Å². The lowest BCUT2D eigenvalue weighted by molar-refractivity contribution is 0.260. The first kappa shape index (κ1) is 10.8. The van der Waals surface area contributed by atoms with E-state index in [4.69, 9.17) is 0 Å². The Bertz CT molecular complexity index is 314. The van der Waals surface area contributed by atoms with Crippen LogP contribution in [0.5, 0.6) is 0 Å². The molecule has 0 aliphatic carbocycles. The first-order valence-corrected chi connectivity index (χ1v) is 5.96. The topological polar surface area (TPSA) is 41.0 Å². The Morgan fingerprint density at radius 3 is 2.87 bits per heavy atom. The third kappa shape index (κ3) is 3.14. The number of likely N-dealkylation sites (tertiary alicyclic amines) is 1. The molecule has 82 valence electrons. The fraction of sp³-hybridized carbons (Fsp3) is 0.600. The molecule has 1 saturated heterocycles. The number of halogens is 1. The molecule has 0 spiro atoms. The summed E-state index contributed by atoms with van der Waals surface area (Å²) in [5, 5.41) is 3.35. The Balaban J connectivity index is 1.93. The van der Waals surface area contributed by atoms with Gasteiger partial charge in [-0.1, -0.05) is 0 Å². The van der Waals surface area contributed by atoms with E-state index in [0.717, 1.165) is 17.0 Å². The summed E-state index contributed by atoms with van der Waals surface area (Å²) < 4.78 is 0.911. The second-order valence-corrected chi connectivity index (χ2v) is 4.89. The molecule has 1 aromatic rings. The largest absolute Gasteiger partial charge is 0.350 e. The SMILES string of the molecule is CN1CCCC(Nc2ncc(Br)cn2)C1. The van der Waals surface area contributed by atoms with E-state index in [1.165, 1.54) is 19.4 Å². The van der Waals surface area contributed by atoms with Gasteiger partial charge in [-0.3, -0.25) is 0 Å². The van der Waals surface area contributed by atoms with Gasteiger partial charge >= 0.3 is 0 Å². The highest BCUT2D eigenvalue weighted by molar-refractivity contribution is 9.10. The van der Waals surface area contributed by atoms with Crippen molar-refractivity contribution < 1.29 is 0 Å². The van der Waals surface area contributed by atoms with E-state index >= 15 is 0 Å². The smallest absolute Gasteiger partial charge is 0.222 e. The molecule has 1 aromatic heterocycles. The molecule has 15 heavy (non-hydrogen) atoms. The zero-order valence-electron chi connectivity index (χ0n) is 8.78. The molecule has 0 radical (unpaired) electrons. The molecule has 1 unspecified atom stereocenters. The van der Waals surface area contributed by atoms with E-state index in [0.29, 0.717) is 6.04 Å². The molecule has 1 aliphatic rings. The molecule has 0 saturated carbocycles. The predicted octanol–water partition coefficient (Wildman–Crippen LogP) is 1.75. The van der Waals surface area contributed by atoms with Gasteiger partial charge in [0.15, 0.2) is 0 Å². The number of nitrogens with zero attached hydrogens (tertiary/aromatic N) is 3. The number of hydrogen-bond donors (Lipinski definition) is 1. The highest BCUT2D eigenvalue weighted by atomic mass is 79.9. The lowest BCUT2D eigenvalue weighted by Gasteiger charge is -2.30. The molecule has 0 amide bonds. The summed E-state index contributed by atoms with van der Waals surface area (Å²) in [5.74, 6) is 0.721. The molecule has 4 nitrogen and oxygen atoms in total. The number of nitrogens with one attached hydrogen (secondary N) is 1. The summed E-state index contributed by atoms with van der Waals surface area (Å²) in [6.07, 6.45) is 5.97. The maximum absolute atomic E-state index is 4.21. The Morgan fingerprint density at radius 2 is 2.20 bits per heavy atom. The van der Waals surface area contributed by atoms with Crippen molar-refractivity contribution in [3.8, 4) is 0 Å². The standard InChI is InChI=1S/C10H15BrN4/c1-15-4-2-3-9(7-15)14-10-12-5-8(11)6-13-10/h5-6,9H,2-4,7H2,1H3,(H,12,13,14). The summed E-state index contributed by atoms with van der Waals surface area (Å²) in [6.45, 7) is 2.26. The quantitative estimate of drug-likeness (QED) is 0.889. The fourth-order valence-corrected chi connectivity index (χ4v) is 2.06. The number of aromatic nitrogens is 2. The van der Waals surface area contributed by atoms with E-state index in [1.807, 2.05) is 0 Å². The third-order valence-corrected chi connectivity index (χ3v) is 2.99. The normalized spacial score (nSPS) is 22.7. The molecule has 0 bridgehead atoms. The highest BCUT2D eigenvalue weighted by Crippen LogP contribution is 2.13. The molecule has 2 rings (SSSR count). The number of likely N-dealkylation sites (N-methyl/N-ethyl adjacent to an activating group) is 1. The predicted molar refractivity (Wildman–Crippen MR) is 63.9 cm³/mol. The van der Waals surface area contributed by atoms with Gasteiger partial charge in [-0.2, -0.15) is 0 Å². The molecular formula is C10H15BrN4. The van der Waals surface area contributed by atoms with E-state index < -0.39 is 0 Å². The van der Waals surface area contributed by atoms with Crippen LogP contribution in [0.3, 0.4) is 0 Å². The van der Waals surface area contributed by atoms with Gasteiger partial charge in [0.05, 0.1) is 4.47 Å². The summed E-state index contributed by atoms with van der Waals surface area (Å²) in [7, 11) is 2.15. The number of anilines is 1. The second-order valence-electron chi connectivity index (χ2n) is 3.97. The van der Waals surface area contributed by atoms with E-state index in [1.54, 1.807) is 12.4 Å². The summed E-state index contributed by atoms with van der Waals surface area (Å²) >= 11 is 3.32. The van der Waals surface area contributed by atoms with Crippen molar-refractivity contribution in [3.63, 3.8) is 0 Å². The van der Waals surface area contributed by atoms with Crippen molar-refractivity contribution in [2.75, 3.05) is 25.5 Å². The van der Waals surface area contributed by atoms with Crippen molar-refractivity contribution in [1.82, 2.24) is 14.9 Å². The maximum Gasteiger partial charge on any atom is 0.222 e. The molecule has 1 fully saturated rings. The molecule has 2 heterocycles. The van der Waals surface area contributed by atoms with Crippen LogP contribution in [0.25, 0.3) is 0 Å². The van der Waals surface area contributed by atoms with Gasteiger partial charge in [0, 0.05) is 25.0 Å². The highest BCUT2D eigenvalue weighted by Gasteiger charge is 2.17. The van der Waals surface area contributed by atoms with Gasteiger partial charge in [-0.15, -0.1) is 0 Å². The molecule has 1 atom stereocenters. The summed E-state index contributed by atoms with van der Waals surface area (Å²) in [6, 6.07) is 0.477. The Labute approximate surface area is 98.2 Å². The monoisotopic (exact) mass is 270 g/mol. The van der Waals surface area contributed by atoms with Gasteiger partial charge in [-0.25, -0.2) is 9.97 Å².